The van der Waals surface area contributed by atoms with Gasteiger partial charge in [0.2, 0.25) is 0 Å². The number of ether oxygens (including phenoxy) is 2. The minimum atomic E-state index is 0.120. The third-order valence-electron chi connectivity index (χ3n) is 4.43. The largest absolute Gasteiger partial charge is 0.493 e. The van der Waals surface area contributed by atoms with Gasteiger partial charge in [-0.25, -0.2) is 0 Å². The summed E-state index contributed by atoms with van der Waals surface area (Å²) in [5.74, 6) is 1.38. The molecule has 0 fully saturated rings. The van der Waals surface area contributed by atoms with E-state index >= 15 is 0 Å². The Kier molecular flexibility index (Phi) is 4.35. The van der Waals surface area contributed by atoms with Crippen LogP contribution in [0.4, 0.5) is 0 Å². The standard InChI is InChI=1S/C19H21NO3/c1-13-15-9-18(22-2)19(23-3)10-16(15)17(21)12-20(13)11-14-7-5-4-6-8-14/h4-10,13H,11-12H2,1-3H3. The predicted octanol–water partition coefficient (Wildman–Crippen LogP) is 3.46. The van der Waals surface area contributed by atoms with Crippen molar-refractivity contribution < 1.29 is 14.3 Å². The zero-order valence-electron chi connectivity index (χ0n) is 13.7. The molecule has 2 aromatic carbocycles. The van der Waals surface area contributed by atoms with Gasteiger partial charge in [-0.2, -0.15) is 0 Å². The highest BCUT2D eigenvalue weighted by Crippen LogP contribution is 2.38. The van der Waals surface area contributed by atoms with Crippen LogP contribution in [-0.2, 0) is 6.54 Å². The van der Waals surface area contributed by atoms with Gasteiger partial charge in [-0.3, -0.25) is 9.69 Å². The quantitative estimate of drug-likeness (QED) is 0.867. The summed E-state index contributed by atoms with van der Waals surface area (Å²) < 4.78 is 10.7. The van der Waals surface area contributed by atoms with Gasteiger partial charge in [-0.15, -0.1) is 0 Å². The Labute approximate surface area is 136 Å². The Balaban J connectivity index is 1.95. The number of Topliss-reactive ketones (excluding diaryl/α,β-unsaturated/α-hetero) is 1. The van der Waals surface area contributed by atoms with Crippen LogP contribution in [0.5, 0.6) is 11.5 Å². The second kappa shape index (κ2) is 6.42. The molecule has 3 rings (SSSR count). The number of nitrogens with zero attached hydrogens (tertiary/aromatic N) is 1. The molecule has 0 spiro atoms. The lowest BCUT2D eigenvalue weighted by Gasteiger charge is -2.34. The highest BCUT2D eigenvalue weighted by Gasteiger charge is 2.30. The van der Waals surface area contributed by atoms with Crippen molar-refractivity contribution in [2.75, 3.05) is 20.8 Å². The first kappa shape index (κ1) is 15.6. The molecule has 23 heavy (non-hydrogen) atoms. The first-order valence-corrected chi connectivity index (χ1v) is 7.71. The van der Waals surface area contributed by atoms with Crippen LogP contribution in [0, 0.1) is 0 Å². The lowest BCUT2D eigenvalue weighted by molar-refractivity contribution is 0.0850. The van der Waals surface area contributed by atoms with Gasteiger partial charge in [0.25, 0.3) is 0 Å². The van der Waals surface area contributed by atoms with E-state index in [0.717, 1.165) is 17.7 Å². The maximum absolute atomic E-state index is 12.6. The summed E-state index contributed by atoms with van der Waals surface area (Å²) in [4.78, 5) is 14.7. The van der Waals surface area contributed by atoms with Crippen LogP contribution >= 0.6 is 0 Å². The van der Waals surface area contributed by atoms with E-state index in [1.54, 1.807) is 20.3 Å². The predicted molar refractivity (Wildman–Crippen MR) is 89.1 cm³/mol. The maximum Gasteiger partial charge on any atom is 0.177 e. The van der Waals surface area contributed by atoms with Crippen LogP contribution in [0.1, 0.15) is 34.5 Å². The summed E-state index contributed by atoms with van der Waals surface area (Å²) in [6.07, 6.45) is 0. The van der Waals surface area contributed by atoms with Crippen LogP contribution in [0.25, 0.3) is 0 Å². The number of carbonyl (C=O) groups excluding carboxylic acids is 1. The lowest BCUT2D eigenvalue weighted by Crippen LogP contribution is -2.37. The van der Waals surface area contributed by atoms with Crippen molar-refractivity contribution in [3.8, 4) is 11.5 Å². The van der Waals surface area contributed by atoms with Gasteiger partial charge in [0, 0.05) is 18.2 Å². The van der Waals surface area contributed by atoms with Crippen molar-refractivity contribution >= 4 is 5.78 Å². The lowest BCUT2D eigenvalue weighted by atomic mass is 9.91. The normalized spacial score (nSPS) is 17.7. The first-order valence-electron chi connectivity index (χ1n) is 7.71. The number of methoxy groups -OCH3 is 2. The Morgan fingerprint density at radius 1 is 1.09 bits per heavy atom. The molecule has 0 saturated carbocycles. The zero-order valence-corrected chi connectivity index (χ0v) is 13.7. The molecular formula is C19H21NO3. The van der Waals surface area contributed by atoms with E-state index in [1.165, 1.54) is 5.56 Å². The van der Waals surface area contributed by atoms with Crippen LogP contribution in [-0.4, -0.2) is 31.4 Å². The van der Waals surface area contributed by atoms with E-state index in [1.807, 2.05) is 24.3 Å². The average molecular weight is 311 g/mol. The zero-order chi connectivity index (χ0) is 16.4. The molecule has 1 unspecified atom stereocenters. The van der Waals surface area contributed by atoms with Gasteiger partial charge >= 0.3 is 0 Å². The first-order chi connectivity index (χ1) is 11.1. The Morgan fingerprint density at radius 3 is 2.39 bits per heavy atom. The summed E-state index contributed by atoms with van der Waals surface area (Å²) in [5.41, 5.74) is 2.94. The molecule has 0 aromatic heterocycles. The van der Waals surface area contributed by atoms with E-state index < -0.39 is 0 Å². The van der Waals surface area contributed by atoms with Crippen molar-refractivity contribution in [3.63, 3.8) is 0 Å². The SMILES string of the molecule is COc1cc2c(cc1OC)C(C)N(Cc1ccccc1)CC2=O. The second-order valence-corrected chi connectivity index (χ2v) is 5.78. The van der Waals surface area contributed by atoms with Gasteiger partial charge in [0.1, 0.15) is 0 Å². The molecule has 1 aliphatic heterocycles. The molecular weight excluding hydrogens is 290 g/mol. The maximum atomic E-state index is 12.6. The van der Waals surface area contributed by atoms with Gasteiger partial charge < -0.3 is 9.47 Å². The number of carbonyl (C=O) groups is 1. The fourth-order valence-corrected chi connectivity index (χ4v) is 3.10. The third kappa shape index (κ3) is 2.94. The number of hydrogen-bond donors (Lipinski definition) is 0. The molecule has 0 saturated heterocycles. The number of benzene rings is 2. The van der Waals surface area contributed by atoms with Crippen LogP contribution in [0.3, 0.4) is 0 Å². The molecule has 0 N–H and O–H groups in total. The Bertz CT molecular complexity index is 712. The van der Waals surface area contributed by atoms with Gasteiger partial charge in [0.05, 0.1) is 20.8 Å². The van der Waals surface area contributed by atoms with Crippen LogP contribution < -0.4 is 9.47 Å². The summed E-state index contributed by atoms with van der Waals surface area (Å²) in [6.45, 7) is 3.29. The monoisotopic (exact) mass is 311 g/mol. The molecule has 4 heteroatoms. The van der Waals surface area contributed by atoms with E-state index in [4.69, 9.17) is 9.47 Å². The molecule has 0 aliphatic carbocycles. The number of rotatable bonds is 4. The number of fused-ring (bicyclic) bond motifs is 1. The third-order valence-corrected chi connectivity index (χ3v) is 4.43. The van der Waals surface area contributed by atoms with Crippen molar-refractivity contribution in [2.45, 2.75) is 19.5 Å². The number of hydrogen-bond acceptors (Lipinski definition) is 4. The molecule has 0 radical (unpaired) electrons. The van der Waals surface area contributed by atoms with Crippen molar-refractivity contribution in [1.29, 1.82) is 0 Å². The second-order valence-electron chi connectivity index (χ2n) is 5.78. The highest BCUT2D eigenvalue weighted by molar-refractivity contribution is 6.00. The van der Waals surface area contributed by atoms with Crippen LogP contribution in [0.2, 0.25) is 0 Å². The molecule has 1 heterocycles. The van der Waals surface area contributed by atoms with Crippen molar-refractivity contribution in [2.24, 2.45) is 0 Å². The molecule has 1 aliphatic rings. The van der Waals surface area contributed by atoms with E-state index in [-0.39, 0.29) is 11.8 Å². The van der Waals surface area contributed by atoms with Crippen LogP contribution in [0.15, 0.2) is 42.5 Å². The Morgan fingerprint density at radius 2 is 1.74 bits per heavy atom. The molecule has 2 aromatic rings. The molecule has 1 atom stereocenters. The summed E-state index contributed by atoms with van der Waals surface area (Å²) in [6, 6.07) is 14.1. The smallest absolute Gasteiger partial charge is 0.177 e. The minimum Gasteiger partial charge on any atom is -0.493 e. The van der Waals surface area contributed by atoms with Gasteiger partial charge in [-0.1, -0.05) is 30.3 Å². The van der Waals surface area contributed by atoms with Gasteiger partial charge in [-0.05, 0) is 30.2 Å². The fraction of sp³-hybridized carbons (Fsp3) is 0.316. The molecule has 0 bridgehead atoms. The number of ketones is 1. The molecule has 120 valence electrons. The molecule has 4 nitrogen and oxygen atoms in total. The van der Waals surface area contributed by atoms with E-state index in [9.17, 15) is 4.79 Å². The summed E-state index contributed by atoms with van der Waals surface area (Å²) in [5, 5.41) is 0. The minimum absolute atomic E-state index is 0.120. The van der Waals surface area contributed by atoms with Crippen molar-refractivity contribution in [3.05, 3.63) is 59.2 Å². The fourth-order valence-electron chi connectivity index (χ4n) is 3.10. The van der Waals surface area contributed by atoms with Crippen molar-refractivity contribution in [1.82, 2.24) is 4.90 Å². The highest BCUT2D eigenvalue weighted by atomic mass is 16.5. The topological polar surface area (TPSA) is 38.8 Å². The molecule has 0 amide bonds. The van der Waals surface area contributed by atoms with Gasteiger partial charge in [0.15, 0.2) is 17.3 Å². The summed E-state index contributed by atoms with van der Waals surface area (Å²) in [7, 11) is 3.20. The van der Waals surface area contributed by atoms with E-state index in [0.29, 0.717) is 18.0 Å². The van der Waals surface area contributed by atoms with E-state index in [2.05, 4.69) is 24.0 Å². The average Bonchev–Trinajstić information content (AvgIpc) is 2.59. The summed E-state index contributed by atoms with van der Waals surface area (Å²) >= 11 is 0. The Hall–Kier alpha value is -2.33.